The normalized spacial score (nSPS) is 17.8. The molecule has 2 N–H and O–H groups in total. The highest BCUT2D eigenvalue weighted by molar-refractivity contribution is 5.93. The number of benzene rings is 1. The molecule has 8 nitrogen and oxygen atoms in total. The van der Waals surface area contributed by atoms with E-state index in [1.807, 2.05) is 0 Å². The van der Waals surface area contributed by atoms with E-state index in [4.69, 9.17) is 5.73 Å². The smallest absolute Gasteiger partial charge is 0.246 e. The molecule has 0 saturated carbocycles. The minimum atomic E-state index is -0.666. The Balaban J connectivity index is 1.58. The van der Waals surface area contributed by atoms with Crippen molar-refractivity contribution in [3.63, 3.8) is 0 Å². The fourth-order valence-corrected chi connectivity index (χ4v) is 4.45. The molecule has 5 rings (SSSR count). The van der Waals surface area contributed by atoms with Crippen LogP contribution in [0.3, 0.4) is 0 Å². The lowest BCUT2D eigenvalue weighted by Crippen LogP contribution is -2.35. The Morgan fingerprint density at radius 1 is 1.32 bits per heavy atom. The number of rotatable bonds is 3. The lowest BCUT2D eigenvalue weighted by molar-refractivity contribution is -0.127. The number of amides is 1. The lowest BCUT2D eigenvalue weighted by Gasteiger charge is -2.20. The second-order valence-corrected chi connectivity index (χ2v) is 8.20. The van der Waals surface area contributed by atoms with E-state index in [0.717, 1.165) is 0 Å². The Hall–Kier alpha value is -4.26. The van der Waals surface area contributed by atoms with Crippen molar-refractivity contribution in [2.45, 2.75) is 18.5 Å². The van der Waals surface area contributed by atoms with Gasteiger partial charge in [0.1, 0.15) is 24.0 Å². The third-order valence-electron chi connectivity index (χ3n) is 6.15. The predicted octanol–water partition coefficient (Wildman–Crippen LogP) is 2.74. The molecular formula is C24H21F2N7O. The monoisotopic (exact) mass is 461 g/mol. The van der Waals surface area contributed by atoms with Crippen LogP contribution in [-0.2, 0) is 11.8 Å². The van der Waals surface area contributed by atoms with Crippen LogP contribution in [0.5, 0.6) is 0 Å². The molecule has 1 fully saturated rings. The van der Waals surface area contributed by atoms with Crippen LogP contribution in [0.15, 0.2) is 43.4 Å². The first kappa shape index (κ1) is 21.6. The quantitative estimate of drug-likeness (QED) is 0.374. The molecular weight excluding hydrogens is 440 g/mol. The summed E-state index contributed by atoms with van der Waals surface area (Å²) in [6.45, 7) is 3.11. The zero-order valence-corrected chi connectivity index (χ0v) is 18.4. The summed E-state index contributed by atoms with van der Waals surface area (Å²) < 4.78 is 31.7. The number of alkyl halides is 1. The van der Waals surface area contributed by atoms with Crippen LogP contribution in [-0.4, -0.2) is 54.4 Å². The molecule has 1 amide bonds. The first-order valence-corrected chi connectivity index (χ1v) is 10.7. The summed E-state index contributed by atoms with van der Waals surface area (Å²) in [6, 6.07) is 3.86. The number of carbonyl (C=O) groups is 1. The average molecular weight is 461 g/mol. The Bertz CT molecular complexity index is 1510. The molecule has 1 aliphatic heterocycles. The van der Waals surface area contributed by atoms with Crippen molar-refractivity contribution < 1.29 is 13.6 Å². The minimum absolute atomic E-state index is 0.178. The summed E-state index contributed by atoms with van der Waals surface area (Å²) in [5, 5.41) is 5.15. The Labute approximate surface area is 193 Å². The van der Waals surface area contributed by atoms with Crippen molar-refractivity contribution in [2.24, 2.45) is 7.05 Å². The second-order valence-electron chi connectivity index (χ2n) is 8.20. The molecule has 2 atom stereocenters. The van der Waals surface area contributed by atoms with Gasteiger partial charge in [-0.05, 0) is 30.6 Å². The van der Waals surface area contributed by atoms with Gasteiger partial charge in [0.25, 0.3) is 0 Å². The molecule has 4 aromatic rings. The standard InChI is InChI=1S/C24H21F2N7O/c1-3-22(34)32-12-16(9-15(32)11-25)33-20-6-7-28-24(27)23(20)18(30-33)5-4-14-8-19-21(10-17(14)26)31(2)13-29-19/h3,6-8,10,13,15-16H,1,9,11-12H2,2H3,(H2,27,28)/t15-,16+/m1/s1. The molecule has 10 heteroatoms. The largest absolute Gasteiger partial charge is 0.383 e. The van der Waals surface area contributed by atoms with Crippen LogP contribution in [0.25, 0.3) is 21.9 Å². The van der Waals surface area contributed by atoms with E-state index in [9.17, 15) is 13.6 Å². The van der Waals surface area contributed by atoms with Gasteiger partial charge in [-0.2, -0.15) is 5.10 Å². The summed E-state index contributed by atoms with van der Waals surface area (Å²) >= 11 is 0. The Kier molecular flexibility index (Phi) is 5.24. The average Bonchev–Trinajstić information content (AvgIpc) is 3.53. The first-order chi connectivity index (χ1) is 16.4. The number of hydrogen-bond donors (Lipinski definition) is 1. The number of carbonyl (C=O) groups excluding carboxylic acids is 1. The molecule has 1 aliphatic rings. The highest BCUT2D eigenvalue weighted by atomic mass is 19.1. The van der Waals surface area contributed by atoms with Gasteiger partial charge in [-0.3, -0.25) is 9.48 Å². The highest BCUT2D eigenvalue weighted by Crippen LogP contribution is 2.32. The van der Waals surface area contributed by atoms with Crippen LogP contribution >= 0.6 is 0 Å². The SMILES string of the molecule is C=CC(=O)N1C[C@@H](n2nc(C#Cc3cc4ncn(C)c4cc3F)c3c(N)nccc32)C[C@@H]1CF. The van der Waals surface area contributed by atoms with E-state index in [0.29, 0.717) is 34.1 Å². The minimum Gasteiger partial charge on any atom is -0.383 e. The molecule has 0 aliphatic carbocycles. The van der Waals surface area contributed by atoms with E-state index in [1.165, 1.54) is 17.0 Å². The number of halogens is 2. The summed E-state index contributed by atoms with van der Waals surface area (Å²) in [7, 11) is 1.79. The Morgan fingerprint density at radius 2 is 2.15 bits per heavy atom. The summed E-state index contributed by atoms with van der Waals surface area (Å²) in [6.07, 6.45) is 4.72. The van der Waals surface area contributed by atoms with E-state index in [-0.39, 0.29) is 29.9 Å². The van der Waals surface area contributed by atoms with Crippen molar-refractivity contribution in [2.75, 3.05) is 19.0 Å². The molecule has 0 bridgehead atoms. The van der Waals surface area contributed by atoms with Gasteiger partial charge >= 0.3 is 0 Å². The number of fused-ring (bicyclic) bond motifs is 2. The van der Waals surface area contributed by atoms with Crippen LogP contribution in [0.1, 0.15) is 23.7 Å². The summed E-state index contributed by atoms with van der Waals surface area (Å²) in [5.74, 6) is 5.19. The van der Waals surface area contributed by atoms with Gasteiger partial charge in [-0.25, -0.2) is 18.7 Å². The van der Waals surface area contributed by atoms with Crippen LogP contribution in [0.2, 0.25) is 0 Å². The predicted molar refractivity (Wildman–Crippen MR) is 124 cm³/mol. The maximum Gasteiger partial charge on any atom is 0.246 e. The number of nitrogens with two attached hydrogens (primary N) is 1. The van der Waals surface area contributed by atoms with E-state index in [2.05, 4.69) is 33.5 Å². The van der Waals surface area contributed by atoms with Crippen molar-refractivity contribution in [3.05, 3.63) is 60.5 Å². The van der Waals surface area contributed by atoms with Gasteiger partial charge in [-0.1, -0.05) is 12.5 Å². The zero-order chi connectivity index (χ0) is 24.0. The van der Waals surface area contributed by atoms with E-state index >= 15 is 0 Å². The van der Waals surface area contributed by atoms with Gasteiger partial charge in [0, 0.05) is 25.9 Å². The van der Waals surface area contributed by atoms with Crippen molar-refractivity contribution >= 4 is 33.7 Å². The number of aromatic nitrogens is 5. The molecule has 172 valence electrons. The van der Waals surface area contributed by atoms with Gasteiger partial charge < -0.3 is 15.2 Å². The summed E-state index contributed by atoms with van der Waals surface area (Å²) in [4.78, 5) is 22.0. The fraction of sp³-hybridized carbons (Fsp3) is 0.250. The van der Waals surface area contributed by atoms with Crippen molar-refractivity contribution in [1.82, 2.24) is 29.2 Å². The number of nitrogens with zero attached hydrogens (tertiary/aromatic N) is 6. The third-order valence-corrected chi connectivity index (χ3v) is 6.15. The third kappa shape index (κ3) is 3.46. The van der Waals surface area contributed by atoms with Crippen molar-refractivity contribution in [3.8, 4) is 11.8 Å². The first-order valence-electron chi connectivity index (χ1n) is 10.7. The number of aryl methyl sites for hydroxylation is 1. The van der Waals surface area contributed by atoms with Crippen molar-refractivity contribution in [1.29, 1.82) is 0 Å². The maximum atomic E-state index is 14.7. The molecule has 4 heterocycles. The van der Waals surface area contributed by atoms with E-state index in [1.54, 1.807) is 41.0 Å². The van der Waals surface area contributed by atoms with Gasteiger partial charge in [0.15, 0.2) is 0 Å². The fourth-order valence-electron chi connectivity index (χ4n) is 4.45. The van der Waals surface area contributed by atoms with E-state index < -0.39 is 18.5 Å². The molecule has 1 saturated heterocycles. The van der Waals surface area contributed by atoms with Gasteiger partial charge in [0.05, 0.1) is 45.9 Å². The van der Waals surface area contributed by atoms with Crippen LogP contribution < -0.4 is 5.73 Å². The second kappa shape index (κ2) is 8.26. The Morgan fingerprint density at radius 3 is 2.91 bits per heavy atom. The highest BCUT2D eigenvalue weighted by Gasteiger charge is 2.36. The number of anilines is 1. The van der Waals surface area contributed by atoms with Crippen LogP contribution in [0, 0.1) is 17.7 Å². The van der Waals surface area contributed by atoms with Crippen LogP contribution in [0.4, 0.5) is 14.6 Å². The molecule has 0 radical (unpaired) electrons. The number of nitrogen functional groups attached to an aromatic ring is 1. The number of hydrogen-bond acceptors (Lipinski definition) is 5. The number of imidazole rings is 1. The van der Waals surface area contributed by atoms with Gasteiger partial charge in [-0.15, -0.1) is 0 Å². The maximum absolute atomic E-state index is 14.7. The number of pyridine rings is 1. The molecule has 3 aromatic heterocycles. The molecule has 34 heavy (non-hydrogen) atoms. The molecule has 0 spiro atoms. The number of likely N-dealkylation sites (tertiary alicyclic amines) is 1. The topological polar surface area (TPSA) is 94.9 Å². The lowest BCUT2D eigenvalue weighted by atomic mass is 10.1. The zero-order valence-electron chi connectivity index (χ0n) is 18.4. The molecule has 1 aromatic carbocycles. The molecule has 0 unspecified atom stereocenters. The summed E-state index contributed by atoms with van der Waals surface area (Å²) in [5.41, 5.74) is 8.59. The van der Waals surface area contributed by atoms with Gasteiger partial charge in [0.2, 0.25) is 5.91 Å².